The van der Waals surface area contributed by atoms with Crippen LogP contribution in [0.25, 0.3) is 6.08 Å². The zero-order valence-corrected chi connectivity index (χ0v) is 14.8. The number of benzene rings is 1. The molecule has 0 aliphatic heterocycles. The summed E-state index contributed by atoms with van der Waals surface area (Å²) in [7, 11) is 0. The zero-order chi connectivity index (χ0) is 18.3. The Kier molecular flexibility index (Phi) is 7.01. The molecule has 1 rings (SSSR count). The normalized spacial score (nSPS) is 13.7. The molecular weight excluding hydrogens is 306 g/mol. The Morgan fingerprint density at radius 2 is 1.88 bits per heavy atom. The van der Waals surface area contributed by atoms with Gasteiger partial charge in [-0.1, -0.05) is 43.8 Å². The van der Waals surface area contributed by atoms with Gasteiger partial charge in [-0.15, -0.1) is 0 Å². The summed E-state index contributed by atoms with van der Waals surface area (Å²) in [5.41, 5.74) is 1.42. The van der Waals surface area contributed by atoms with Crippen molar-refractivity contribution in [2.24, 2.45) is 5.92 Å². The van der Waals surface area contributed by atoms with Crippen LogP contribution < -0.4 is 5.32 Å². The van der Waals surface area contributed by atoms with Crippen LogP contribution in [0.5, 0.6) is 0 Å². The van der Waals surface area contributed by atoms with Crippen LogP contribution in [0.3, 0.4) is 0 Å². The lowest BCUT2D eigenvalue weighted by Crippen LogP contribution is -2.41. The summed E-state index contributed by atoms with van der Waals surface area (Å²) < 4.78 is 5.27. The smallest absolute Gasteiger partial charge is 0.407 e. The number of carbonyl (C=O) groups excluding carboxylic acids is 1. The molecule has 0 spiro atoms. The van der Waals surface area contributed by atoms with E-state index in [1.54, 1.807) is 33.8 Å². The summed E-state index contributed by atoms with van der Waals surface area (Å²) in [6.45, 7) is 10.7. The van der Waals surface area contributed by atoms with Crippen molar-refractivity contribution >= 4 is 18.1 Å². The minimum atomic E-state index is -0.881. The van der Waals surface area contributed by atoms with Crippen molar-refractivity contribution in [3.05, 3.63) is 42.0 Å². The highest BCUT2D eigenvalue weighted by molar-refractivity contribution is 5.70. The number of nitrogens with one attached hydrogen (secondary N) is 1. The molecule has 0 aliphatic carbocycles. The number of alkyl carbamates (subject to hydrolysis) is 1. The highest BCUT2D eigenvalue weighted by Gasteiger charge is 2.23. The molecular formula is C19H27NO4. The van der Waals surface area contributed by atoms with Gasteiger partial charge in [0.05, 0.1) is 5.92 Å². The molecule has 0 saturated carbocycles. The van der Waals surface area contributed by atoms with Crippen molar-refractivity contribution in [2.75, 3.05) is 0 Å². The van der Waals surface area contributed by atoms with Gasteiger partial charge in [0.15, 0.2) is 0 Å². The Hall–Kier alpha value is -2.30. The average molecular weight is 333 g/mol. The van der Waals surface area contributed by atoms with E-state index in [1.807, 2.05) is 24.3 Å². The second kappa shape index (κ2) is 8.52. The minimum absolute atomic E-state index is 0.319. The first-order valence-corrected chi connectivity index (χ1v) is 8.04. The third-order valence-corrected chi connectivity index (χ3v) is 3.48. The summed E-state index contributed by atoms with van der Waals surface area (Å²) in [6, 6.07) is 7.46. The van der Waals surface area contributed by atoms with Gasteiger partial charge in [-0.2, -0.15) is 0 Å². The molecule has 1 aromatic rings. The lowest BCUT2D eigenvalue weighted by Gasteiger charge is -2.24. The molecule has 0 heterocycles. The second-order valence-corrected chi connectivity index (χ2v) is 6.97. The van der Waals surface area contributed by atoms with E-state index in [2.05, 4.69) is 11.9 Å². The van der Waals surface area contributed by atoms with Crippen molar-refractivity contribution in [2.45, 2.75) is 52.2 Å². The highest BCUT2D eigenvalue weighted by atomic mass is 16.6. The number of ether oxygens (including phenoxy) is 1. The van der Waals surface area contributed by atoms with E-state index in [4.69, 9.17) is 9.84 Å². The number of hydrogen-bond donors (Lipinski definition) is 2. The summed E-state index contributed by atoms with van der Waals surface area (Å²) >= 11 is 0. The molecule has 0 bridgehead atoms. The SMILES string of the molecule is C=Cc1ccc(C[C@@H](C[C@H](C)C(=O)O)NC(=O)OC(C)(C)C)cc1. The van der Waals surface area contributed by atoms with Gasteiger partial charge in [0.2, 0.25) is 0 Å². The summed E-state index contributed by atoms with van der Waals surface area (Å²) in [5.74, 6) is -1.44. The fraction of sp³-hybridized carbons (Fsp3) is 0.474. The predicted molar refractivity (Wildman–Crippen MR) is 94.8 cm³/mol. The number of rotatable bonds is 7. The molecule has 2 N–H and O–H groups in total. The molecule has 0 radical (unpaired) electrons. The van der Waals surface area contributed by atoms with E-state index in [0.29, 0.717) is 12.8 Å². The van der Waals surface area contributed by atoms with Crippen LogP contribution in [-0.4, -0.2) is 28.8 Å². The minimum Gasteiger partial charge on any atom is -0.481 e. The van der Waals surface area contributed by atoms with Crippen molar-refractivity contribution in [3.8, 4) is 0 Å². The molecule has 0 unspecified atom stereocenters. The Balaban J connectivity index is 2.81. The standard InChI is InChI=1S/C19H27NO4/c1-6-14-7-9-15(10-8-14)12-16(11-13(2)17(21)22)20-18(23)24-19(3,4)5/h6-10,13,16H,1,11-12H2,2-5H3,(H,20,23)(H,21,22)/t13-,16+/m0/s1. The predicted octanol–water partition coefficient (Wildman–Crippen LogP) is 3.88. The Bertz CT molecular complexity index is 572. The van der Waals surface area contributed by atoms with Gasteiger partial charge in [0.25, 0.3) is 0 Å². The van der Waals surface area contributed by atoms with Crippen LogP contribution in [0.1, 0.15) is 45.2 Å². The van der Waals surface area contributed by atoms with Gasteiger partial charge in [-0.05, 0) is 44.7 Å². The van der Waals surface area contributed by atoms with Gasteiger partial charge >= 0.3 is 12.1 Å². The lowest BCUT2D eigenvalue weighted by molar-refractivity contribution is -0.141. The van der Waals surface area contributed by atoms with Gasteiger partial charge < -0.3 is 15.2 Å². The molecule has 0 aliphatic rings. The molecule has 0 aromatic heterocycles. The van der Waals surface area contributed by atoms with Crippen molar-refractivity contribution in [1.29, 1.82) is 0 Å². The molecule has 0 fully saturated rings. The highest BCUT2D eigenvalue weighted by Crippen LogP contribution is 2.15. The zero-order valence-electron chi connectivity index (χ0n) is 14.8. The first-order valence-electron chi connectivity index (χ1n) is 8.04. The Morgan fingerprint density at radius 1 is 1.29 bits per heavy atom. The van der Waals surface area contributed by atoms with Crippen molar-refractivity contribution < 1.29 is 19.4 Å². The maximum absolute atomic E-state index is 12.0. The van der Waals surface area contributed by atoms with Gasteiger partial charge in [0, 0.05) is 6.04 Å². The largest absolute Gasteiger partial charge is 0.481 e. The molecule has 1 aromatic carbocycles. The van der Waals surface area contributed by atoms with Crippen LogP contribution in [-0.2, 0) is 16.0 Å². The van der Waals surface area contributed by atoms with Gasteiger partial charge in [-0.3, -0.25) is 4.79 Å². The Morgan fingerprint density at radius 3 is 2.33 bits per heavy atom. The van der Waals surface area contributed by atoms with E-state index in [1.165, 1.54) is 0 Å². The van der Waals surface area contributed by atoms with Crippen LogP contribution in [0.4, 0.5) is 4.79 Å². The number of hydrogen-bond acceptors (Lipinski definition) is 3. The lowest BCUT2D eigenvalue weighted by atomic mass is 9.96. The van der Waals surface area contributed by atoms with E-state index < -0.39 is 23.6 Å². The van der Waals surface area contributed by atoms with Gasteiger partial charge in [-0.25, -0.2) is 4.79 Å². The first kappa shape index (κ1) is 19.7. The third kappa shape index (κ3) is 7.31. The van der Waals surface area contributed by atoms with Crippen molar-refractivity contribution in [3.63, 3.8) is 0 Å². The van der Waals surface area contributed by atoms with Crippen molar-refractivity contribution in [1.82, 2.24) is 5.32 Å². The van der Waals surface area contributed by atoms with Crippen LogP contribution in [0, 0.1) is 5.92 Å². The topological polar surface area (TPSA) is 75.6 Å². The monoisotopic (exact) mass is 333 g/mol. The number of carbonyl (C=O) groups is 2. The first-order chi connectivity index (χ1) is 11.1. The van der Waals surface area contributed by atoms with E-state index >= 15 is 0 Å². The van der Waals surface area contributed by atoms with Gasteiger partial charge in [0.1, 0.15) is 5.60 Å². The number of carboxylic acid groups (broad SMARTS) is 1. The quantitative estimate of drug-likeness (QED) is 0.794. The van der Waals surface area contributed by atoms with E-state index in [-0.39, 0.29) is 6.04 Å². The van der Waals surface area contributed by atoms with E-state index in [0.717, 1.165) is 11.1 Å². The fourth-order valence-electron chi connectivity index (χ4n) is 2.27. The number of aliphatic carboxylic acids is 1. The molecule has 24 heavy (non-hydrogen) atoms. The second-order valence-electron chi connectivity index (χ2n) is 6.97. The summed E-state index contributed by atoms with van der Waals surface area (Å²) in [4.78, 5) is 23.1. The van der Waals surface area contributed by atoms with Crippen LogP contribution in [0.15, 0.2) is 30.8 Å². The maximum Gasteiger partial charge on any atom is 0.407 e. The molecule has 2 atom stereocenters. The van der Waals surface area contributed by atoms with E-state index in [9.17, 15) is 9.59 Å². The molecule has 132 valence electrons. The summed E-state index contributed by atoms with van der Waals surface area (Å²) in [6.07, 6.45) is 2.09. The third-order valence-electron chi connectivity index (χ3n) is 3.48. The molecule has 5 heteroatoms. The molecule has 0 saturated heterocycles. The molecule has 1 amide bonds. The average Bonchev–Trinajstić information content (AvgIpc) is 2.45. The van der Waals surface area contributed by atoms with Crippen LogP contribution in [0.2, 0.25) is 0 Å². The maximum atomic E-state index is 12.0. The molecule has 5 nitrogen and oxygen atoms in total. The summed E-state index contributed by atoms with van der Waals surface area (Å²) in [5, 5.41) is 11.9. The number of amides is 1. The number of carboxylic acids is 1. The van der Waals surface area contributed by atoms with Crippen LogP contribution >= 0.6 is 0 Å². The Labute approximate surface area is 143 Å². The fourth-order valence-corrected chi connectivity index (χ4v) is 2.27.